The Morgan fingerprint density at radius 1 is 1.14 bits per heavy atom. The molecule has 1 aromatic rings. The predicted molar refractivity (Wildman–Crippen MR) is 85.6 cm³/mol. The number of anilines is 1. The van der Waals surface area contributed by atoms with Crippen LogP contribution in [0.2, 0.25) is 0 Å². The number of rotatable bonds is 4. The zero-order chi connectivity index (χ0) is 15.4. The number of piperazine rings is 1. The minimum atomic E-state index is 0.0332. The summed E-state index contributed by atoms with van der Waals surface area (Å²) in [5.41, 5.74) is 0.527. The molecule has 116 valence electrons. The van der Waals surface area contributed by atoms with Gasteiger partial charge >= 0.3 is 0 Å². The fourth-order valence-electron chi connectivity index (χ4n) is 2.53. The smallest absolute Gasteiger partial charge is 0.272 e. The van der Waals surface area contributed by atoms with Crippen LogP contribution in [-0.4, -0.2) is 59.0 Å². The Morgan fingerprint density at radius 3 is 2.38 bits per heavy atom. The first kappa shape index (κ1) is 15.8. The van der Waals surface area contributed by atoms with Crippen LogP contribution in [0.25, 0.3) is 0 Å². The summed E-state index contributed by atoms with van der Waals surface area (Å²) in [5.74, 6) is 0.794. The molecule has 0 aliphatic carbocycles. The third kappa shape index (κ3) is 4.17. The molecule has 2 rings (SSSR count). The third-order valence-corrected chi connectivity index (χ3v) is 3.74. The van der Waals surface area contributed by atoms with Gasteiger partial charge in [-0.3, -0.25) is 9.69 Å². The molecule has 1 N–H and O–H groups in total. The quantitative estimate of drug-likeness (QED) is 0.922. The van der Waals surface area contributed by atoms with Crippen LogP contribution < -0.4 is 5.32 Å². The Hall–Kier alpha value is -1.62. The van der Waals surface area contributed by atoms with Gasteiger partial charge in [0.1, 0.15) is 11.5 Å². The molecule has 1 aliphatic heterocycles. The van der Waals surface area contributed by atoms with Gasteiger partial charge < -0.3 is 10.2 Å². The lowest BCUT2D eigenvalue weighted by Crippen LogP contribution is -2.50. The van der Waals surface area contributed by atoms with Crippen LogP contribution in [0.5, 0.6) is 0 Å². The molecule has 1 amide bonds. The van der Waals surface area contributed by atoms with Crippen LogP contribution in [0, 0.1) is 0 Å². The molecule has 0 bridgehead atoms. The third-order valence-electron chi connectivity index (χ3n) is 3.74. The highest BCUT2D eigenvalue weighted by Gasteiger charge is 2.24. The molecule has 21 heavy (non-hydrogen) atoms. The summed E-state index contributed by atoms with van der Waals surface area (Å²) in [7, 11) is 0. The number of nitrogens with zero attached hydrogens (tertiary/aromatic N) is 3. The topological polar surface area (TPSA) is 48.5 Å². The monoisotopic (exact) mass is 290 g/mol. The minimum Gasteiger partial charge on any atom is -0.368 e. The van der Waals surface area contributed by atoms with E-state index in [4.69, 9.17) is 0 Å². The van der Waals surface area contributed by atoms with E-state index in [9.17, 15) is 4.79 Å². The van der Waals surface area contributed by atoms with Crippen molar-refractivity contribution in [3.8, 4) is 0 Å². The molecule has 2 heterocycles. The van der Waals surface area contributed by atoms with Gasteiger partial charge in [0, 0.05) is 38.3 Å². The summed E-state index contributed by atoms with van der Waals surface area (Å²) >= 11 is 0. The van der Waals surface area contributed by atoms with Gasteiger partial charge in [-0.2, -0.15) is 0 Å². The van der Waals surface area contributed by atoms with Crippen LogP contribution in [-0.2, 0) is 0 Å². The van der Waals surface area contributed by atoms with Crippen LogP contribution >= 0.6 is 0 Å². The summed E-state index contributed by atoms with van der Waals surface area (Å²) in [6.45, 7) is 11.9. The first-order valence-corrected chi connectivity index (χ1v) is 7.74. The molecule has 0 radical (unpaired) electrons. The van der Waals surface area contributed by atoms with E-state index in [1.54, 1.807) is 6.07 Å². The van der Waals surface area contributed by atoms with Crippen molar-refractivity contribution in [2.45, 2.75) is 39.8 Å². The number of carbonyl (C=O) groups is 1. The number of hydrogen-bond donors (Lipinski definition) is 1. The number of carbonyl (C=O) groups excluding carboxylic acids is 1. The molecular weight excluding hydrogens is 264 g/mol. The van der Waals surface area contributed by atoms with Gasteiger partial charge in [0.15, 0.2) is 0 Å². The van der Waals surface area contributed by atoms with E-state index in [-0.39, 0.29) is 5.91 Å². The van der Waals surface area contributed by atoms with Crippen molar-refractivity contribution in [1.29, 1.82) is 0 Å². The van der Waals surface area contributed by atoms with Gasteiger partial charge in [0.2, 0.25) is 0 Å². The highest BCUT2D eigenvalue weighted by Crippen LogP contribution is 2.12. The normalized spacial score (nSPS) is 16.6. The van der Waals surface area contributed by atoms with Crippen molar-refractivity contribution >= 4 is 11.7 Å². The maximum absolute atomic E-state index is 12.5. The standard InChI is InChI=1S/C16H26N4O/c1-12(2)17-15-7-5-6-14(18-15)16(21)20-10-8-19(9-11-20)13(3)4/h5-7,12-13H,8-11H2,1-4H3,(H,17,18). The lowest BCUT2D eigenvalue weighted by Gasteiger charge is -2.36. The zero-order valence-electron chi connectivity index (χ0n) is 13.5. The lowest BCUT2D eigenvalue weighted by atomic mass is 10.2. The van der Waals surface area contributed by atoms with Crippen molar-refractivity contribution in [3.05, 3.63) is 23.9 Å². The van der Waals surface area contributed by atoms with E-state index in [0.29, 0.717) is 17.8 Å². The molecule has 0 aromatic carbocycles. The van der Waals surface area contributed by atoms with Crippen molar-refractivity contribution in [3.63, 3.8) is 0 Å². The van der Waals surface area contributed by atoms with Gasteiger partial charge in [-0.15, -0.1) is 0 Å². The molecule has 0 unspecified atom stereocenters. The molecule has 5 heteroatoms. The van der Waals surface area contributed by atoms with Gasteiger partial charge in [0.05, 0.1) is 0 Å². The lowest BCUT2D eigenvalue weighted by molar-refractivity contribution is 0.0590. The van der Waals surface area contributed by atoms with Gasteiger partial charge in [-0.25, -0.2) is 4.98 Å². The minimum absolute atomic E-state index is 0.0332. The van der Waals surface area contributed by atoms with Crippen LogP contribution in [0.3, 0.4) is 0 Å². The molecule has 1 saturated heterocycles. The number of hydrogen-bond acceptors (Lipinski definition) is 4. The van der Waals surface area contributed by atoms with Crippen molar-refractivity contribution in [2.24, 2.45) is 0 Å². The van der Waals surface area contributed by atoms with E-state index < -0.39 is 0 Å². The average molecular weight is 290 g/mol. The number of nitrogens with one attached hydrogen (secondary N) is 1. The van der Waals surface area contributed by atoms with E-state index in [2.05, 4.69) is 42.9 Å². The second-order valence-electron chi connectivity index (χ2n) is 6.13. The molecule has 0 spiro atoms. The molecule has 1 aromatic heterocycles. The molecule has 1 aliphatic rings. The Balaban J connectivity index is 2.00. The molecule has 0 atom stereocenters. The van der Waals surface area contributed by atoms with Gasteiger partial charge in [0.25, 0.3) is 5.91 Å². The highest BCUT2D eigenvalue weighted by molar-refractivity contribution is 5.92. The summed E-state index contributed by atoms with van der Waals surface area (Å²) in [6, 6.07) is 6.42. The van der Waals surface area contributed by atoms with Crippen LogP contribution in [0.4, 0.5) is 5.82 Å². The van der Waals surface area contributed by atoms with E-state index in [0.717, 1.165) is 32.0 Å². The van der Waals surface area contributed by atoms with Crippen LogP contribution in [0.1, 0.15) is 38.2 Å². The molecule has 1 fully saturated rings. The molecule has 0 saturated carbocycles. The summed E-state index contributed by atoms with van der Waals surface area (Å²) in [6.07, 6.45) is 0. The second kappa shape index (κ2) is 6.89. The van der Waals surface area contributed by atoms with E-state index in [1.165, 1.54) is 0 Å². The van der Waals surface area contributed by atoms with E-state index >= 15 is 0 Å². The SMILES string of the molecule is CC(C)Nc1cccc(C(=O)N2CCN(C(C)C)CC2)n1. The average Bonchev–Trinajstić information content (AvgIpc) is 2.46. The number of pyridine rings is 1. The summed E-state index contributed by atoms with van der Waals surface area (Å²) in [4.78, 5) is 21.3. The van der Waals surface area contributed by atoms with Crippen molar-refractivity contribution in [1.82, 2.24) is 14.8 Å². The molecule has 5 nitrogen and oxygen atoms in total. The number of amides is 1. The van der Waals surface area contributed by atoms with Gasteiger partial charge in [-0.1, -0.05) is 6.07 Å². The first-order valence-electron chi connectivity index (χ1n) is 7.74. The Morgan fingerprint density at radius 2 is 1.81 bits per heavy atom. The fourth-order valence-corrected chi connectivity index (χ4v) is 2.53. The maximum Gasteiger partial charge on any atom is 0.272 e. The zero-order valence-corrected chi connectivity index (χ0v) is 13.5. The van der Waals surface area contributed by atoms with E-state index in [1.807, 2.05) is 17.0 Å². The van der Waals surface area contributed by atoms with Gasteiger partial charge in [-0.05, 0) is 39.8 Å². The van der Waals surface area contributed by atoms with Crippen molar-refractivity contribution < 1.29 is 4.79 Å². The Kier molecular flexibility index (Phi) is 5.17. The fraction of sp³-hybridized carbons (Fsp3) is 0.625. The second-order valence-corrected chi connectivity index (χ2v) is 6.13. The Bertz CT molecular complexity index is 479. The first-order chi connectivity index (χ1) is 9.97. The predicted octanol–water partition coefficient (Wildman–Crippen LogP) is 2.07. The number of aromatic nitrogens is 1. The largest absolute Gasteiger partial charge is 0.368 e. The Labute approximate surface area is 127 Å². The maximum atomic E-state index is 12.5. The van der Waals surface area contributed by atoms with Crippen LogP contribution in [0.15, 0.2) is 18.2 Å². The molecular formula is C16H26N4O. The summed E-state index contributed by atoms with van der Waals surface area (Å²) in [5, 5.41) is 3.23. The highest BCUT2D eigenvalue weighted by atomic mass is 16.2. The summed E-state index contributed by atoms with van der Waals surface area (Å²) < 4.78 is 0. The van der Waals surface area contributed by atoms with Crippen molar-refractivity contribution in [2.75, 3.05) is 31.5 Å².